The van der Waals surface area contributed by atoms with Crippen LogP contribution in [0.1, 0.15) is 5.56 Å². The van der Waals surface area contributed by atoms with E-state index in [1.807, 2.05) is 4.98 Å². The maximum absolute atomic E-state index is 13.2. The summed E-state index contributed by atoms with van der Waals surface area (Å²) < 4.78 is 55.0. The zero-order valence-corrected chi connectivity index (χ0v) is 9.16. The number of rotatable bonds is 2. The number of nitrogens with zero attached hydrogens (tertiary/aromatic N) is 1. The van der Waals surface area contributed by atoms with Gasteiger partial charge in [0.25, 0.3) is 0 Å². The molecule has 4 nitrogen and oxygen atoms in total. The van der Waals surface area contributed by atoms with Gasteiger partial charge in [-0.3, -0.25) is 4.98 Å². The molecule has 0 radical (unpaired) electrons. The molecule has 1 aromatic heterocycles. The minimum atomic E-state index is -4.46. The van der Waals surface area contributed by atoms with Gasteiger partial charge in [0.15, 0.2) is 0 Å². The number of aromatic amines is 1. The van der Waals surface area contributed by atoms with Crippen LogP contribution in [0, 0.1) is 5.82 Å². The van der Waals surface area contributed by atoms with Crippen LogP contribution >= 0.6 is 0 Å². The Morgan fingerprint density at radius 2 is 1.79 bits per heavy atom. The lowest BCUT2D eigenvalue weighted by atomic mass is 10.2. The molecule has 1 heterocycles. The molecule has 0 aliphatic rings. The van der Waals surface area contributed by atoms with Gasteiger partial charge in [-0.05, 0) is 24.3 Å². The Balaban J connectivity index is 2.25. The van der Waals surface area contributed by atoms with E-state index < -0.39 is 29.1 Å². The second kappa shape index (κ2) is 4.71. The van der Waals surface area contributed by atoms with Crippen LogP contribution in [-0.4, -0.2) is 9.97 Å². The molecule has 2 aromatic rings. The number of hydrogen-bond acceptors (Lipinski definition) is 3. The zero-order chi connectivity index (χ0) is 14.0. The molecule has 0 fully saturated rings. The van der Waals surface area contributed by atoms with E-state index in [-0.39, 0.29) is 5.75 Å². The van der Waals surface area contributed by atoms with Gasteiger partial charge in [0.1, 0.15) is 5.75 Å². The van der Waals surface area contributed by atoms with Crippen LogP contribution in [0.5, 0.6) is 11.6 Å². The van der Waals surface area contributed by atoms with E-state index >= 15 is 0 Å². The van der Waals surface area contributed by atoms with Crippen LogP contribution < -0.4 is 10.4 Å². The van der Waals surface area contributed by atoms with E-state index in [1.54, 1.807) is 0 Å². The molecule has 2 rings (SSSR count). The van der Waals surface area contributed by atoms with Crippen molar-refractivity contribution in [3.8, 4) is 11.6 Å². The van der Waals surface area contributed by atoms with Gasteiger partial charge in [0.05, 0.1) is 11.8 Å². The summed E-state index contributed by atoms with van der Waals surface area (Å²) in [7, 11) is 0. The first-order valence-electron chi connectivity index (χ1n) is 4.96. The molecule has 0 saturated carbocycles. The van der Waals surface area contributed by atoms with Gasteiger partial charge in [-0.15, -0.1) is 0 Å². The third kappa shape index (κ3) is 3.09. The first kappa shape index (κ1) is 13.1. The largest absolute Gasteiger partial charge is 0.438 e. The fourth-order valence-corrected chi connectivity index (χ4v) is 1.27. The Morgan fingerprint density at radius 1 is 1.16 bits per heavy atom. The van der Waals surface area contributed by atoms with Crippen molar-refractivity contribution in [3.05, 3.63) is 52.3 Å². The first-order chi connectivity index (χ1) is 8.86. The molecule has 0 spiro atoms. The van der Waals surface area contributed by atoms with Gasteiger partial charge in [-0.2, -0.15) is 22.5 Å². The molecule has 1 N–H and O–H groups in total. The summed E-state index contributed by atoms with van der Waals surface area (Å²) in [5, 5.41) is 0. The summed E-state index contributed by atoms with van der Waals surface area (Å²) in [6, 6.07) is 3.60. The Morgan fingerprint density at radius 3 is 2.37 bits per heavy atom. The molecule has 0 aliphatic heterocycles. The van der Waals surface area contributed by atoms with Crippen LogP contribution in [0.2, 0.25) is 0 Å². The van der Waals surface area contributed by atoms with Gasteiger partial charge < -0.3 is 4.74 Å². The molecule has 100 valence electrons. The Kier molecular flexibility index (Phi) is 3.24. The second-order valence-electron chi connectivity index (χ2n) is 3.49. The number of hydrogen-bond donors (Lipinski definition) is 1. The van der Waals surface area contributed by atoms with Gasteiger partial charge >= 0.3 is 11.9 Å². The quantitative estimate of drug-likeness (QED) is 0.857. The van der Waals surface area contributed by atoms with Gasteiger partial charge in [0.2, 0.25) is 11.7 Å². The fraction of sp³-hybridized carbons (Fsp3) is 0.0909. The number of nitrogens with one attached hydrogen (secondary N) is 1. The highest BCUT2D eigenvalue weighted by Gasteiger charge is 2.30. The monoisotopic (exact) mass is 274 g/mol. The maximum atomic E-state index is 13.2. The number of H-pyrrole nitrogens is 1. The average Bonchev–Trinajstić information content (AvgIpc) is 2.33. The van der Waals surface area contributed by atoms with Crippen molar-refractivity contribution >= 4 is 0 Å². The minimum absolute atomic E-state index is 0.0475. The van der Waals surface area contributed by atoms with Gasteiger partial charge in [0, 0.05) is 0 Å². The Hall–Kier alpha value is -2.38. The molecule has 0 atom stereocenters. The van der Waals surface area contributed by atoms with E-state index in [9.17, 15) is 22.4 Å². The van der Waals surface area contributed by atoms with Crippen LogP contribution in [0.15, 0.2) is 35.3 Å². The topological polar surface area (TPSA) is 55.0 Å². The normalized spacial score (nSPS) is 11.4. The summed E-state index contributed by atoms with van der Waals surface area (Å²) in [4.78, 5) is 16.0. The molecule has 0 bridgehead atoms. The van der Waals surface area contributed by atoms with Crippen LogP contribution in [0.25, 0.3) is 0 Å². The lowest BCUT2D eigenvalue weighted by Gasteiger charge is -2.08. The summed E-state index contributed by atoms with van der Waals surface area (Å²) >= 11 is 0. The second-order valence-corrected chi connectivity index (χ2v) is 3.49. The molecular formula is C11H6F4N2O2. The summed E-state index contributed by atoms with van der Waals surface area (Å²) in [5.74, 6) is -1.49. The number of aromatic nitrogens is 2. The number of benzene rings is 1. The molecule has 0 amide bonds. The van der Waals surface area contributed by atoms with Crippen molar-refractivity contribution in [2.24, 2.45) is 0 Å². The first-order valence-corrected chi connectivity index (χ1v) is 4.96. The zero-order valence-electron chi connectivity index (χ0n) is 9.16. The summed E-state index contributed by atoms with van der Waals surface area (Å²) in [5.41, 5.74) is -1.69. The smallest absolute Gasteiger partial charge is 0.416 e. The van der Waals surface area contributed by atoms with Crippen LogP contribution in [-0.2, 0) is 6.18 Å². The summed E-state index contributed by atoms with van der Waals surface area (Å²) in [6.07, 6.45) is -3.81. The third-order valence-corrected chi connectivity index (χ3v) is 2.13. The maximum Gasteiger partial charge on any atom is 0.416 e. The molecule has 8 heteroatoms. The van der Waals surface area contributed by atoms with Crippen LogP contribution in [0.3, 0.4) is 0 Å². The van der Waals surface area contributed by atoms with Crippen molar-refractivity contribution in [2.45, 2.75) is 6.18 Å². The lowest BCUT2D eigenvalue weighted by Crippen LogP contribution is -2.11. The number of ether oxygens (including phenoxy) is 1. The van der Waals surface area contributed by atoms with Gasteiger partial charge in [-0.25, -0.2) is 4.79 Å². The van der Waals surface area contributed by atoms with E-state index in [0.29, 0.717) is 6.20 Å². The highest BCUT2D eigenvalue weighted by atomic mass is 19.4. The van der Waals surface area contributed by atoms with Crippen LogP contribution in [0.4, 0.5) is 17.6 Å². The number of alkyl halides is 3. The highest BCUT2D eigenvalue weighted by molar-refractivity contribution is 5.31. The third-order valence-electron chi connectivity index (χ3n) is 2.13. The minimum Gasteiger partial charge on any atom is -0.438 e. The average molecular weight is 274 g/mol. The van der Waals surface area contributed by atoms with E-state index in [4.69, 9.17) is 4.74 Å². The summed E-state index contributed by atoms with van der Waals surface area (Å²) in [6.45, 7) is 0. The van der Waals surface area contributed by atoms with Crippen molar-refractivity contribution in [2.75, 3.05) is 0 Å². The molecule has 0 aliphatic carbocycles. The standard InChI is InChI=1S/C11H6F4N2O2/c12-8-5-16-10(18)17-9(8)19-7-3-1-6(2-4-7)11(13,14)15/h1-5H,(H,16,17,18). The Bertz CT molecular complexity index is 634. The SMILES string of the molecule is O=c1ncc(F)c(Oc2ccc(C(F)(F)F)cc2)[nH]1. The molecule has 0 unspecified atom stereocenters. The molecule has 0 saturated heterocycles. The molecule has 19 heavy (non-hydrogen) atoms. The highest BCUT2D eigenvalue weighted by Crippen LogP contribution is 2.31. The van der Waals surface area contributed by atoms with Crippen molar-refractivity contribution in [3.63, 3.8) is 0 Å². The predicted octanol–water partition coefficient (Wildman–Crippen LogP) is 2.72. The Labute approximate surface area is 103 Å². The van der Waals surface area contributed by atoms with Gasteiger partial charge in [-0.1, -0.05) is 0 Å². The predicted molar refractivity (Wildman–Crippen MR) is 56.3 cm³/mol. The van der Waals surface area contributed by atoms with E-state index in [1.165, 1.54) is 0 Å². The number of halogens is 4. The van der Waals surface area contributed by atoms with Crippen molar-refractivity contribution < 1.29 is 22.3 Å². The van der Waals surface area contributed by atoms with E-state index in [2.05, 4.69) is 4.98 Å². The molecular weight excluding hydrogens is 268 g/mol. The fourth-order valence-electron chi connectivity index (χ4n) is 1.27. The van der Waals surface area contributed by atoms with Crippen molar-refractivity contribution in [1.29, 1.82) is 0 Å². The lowest BCUT2D eigenvalue weighted by molar-refractivity contribution is -0.137. The van der Waals surface area contributed by atoms with Crippen molar-refractivity contribution in [1.82, 2.24) is 9.97 Å². The van der Waals surface area contributed by atoms with E-state index in [0.717, 1.165) is 24.3 Å². The molecule has 1 aromatic carbocycles.